The van der Waals surface area contributed by atoms with Gasteiger partial charge in [0.15, 0.2) is 0 Å². The number of hydrogen-bond acceptors (Lipinski definition) is 7. The number of thioether (sulfide) groups is 1. The Morgan fingerprint density at radius 3 is 2.42 bits per heavy atom. The number of carbonyl (C=O) groups is 1. The molecule has 2 aliphatic rings. The molecule has 0 radical (unpaired) electrons. The van der Waals surface area contributed by atoms with Crippen molar-refractivity contribution in [3.05, 3.63) is 16.7 Å². The quantitative estimate of drug-likeness (QED) is 0.266. The van der Waals surface area contributed by atoms with Crippen LogP contribution in [0.3, 0.4) is 0 Å². The van der Waals surface area contributed by atoms with E-state index in [1.165, 1.54) is 82.1 Å². The lowest BCUT2D eigenvalue weighted by Gasteiger charge is -2.33. The van der Waals surface area contributed by atoms with Crippen LogP contribution >= 0.6 is 27.7 Å². The molecule has 204 valence electrons. The maximum atomic E-state index is 12.8. The van der Waals surface area contributed by atoms with Crippen LogP contribution in [-0.2, 0) is 14.8 Å². The molecule has 0 spiro atoms. The highest BCUT2D eigenvalue weighted by atomic mass is 79.9. The summed E-state index contributed by atoms with van der Waals surface area (Å²) in [4.78, 5) is 18.1. The number of halogens is 1. The smallest absolute Gasteiger partial charge is 0.321 e. The average molecular weight is 606 g/mol. The number of anilines is 1. The largest absolute Gasteiger partial charge is 0.480 e. The minimum atomic E-state index is -3.99. The standard InChI is InChI=1S/C25H41BrN4O4S2/c1-35-16-11-23(25(31)32)29-36(33,34)21-17-22(26)24(28-18-21)30-14-9-20(10-15-30)6-4-2-3-5-19-7-12-27-13-8-19/h17-20,23,27,29H,2-16H2,1H3,(H,31,32). The first-order chi connectivity index (χ1) is 17.3. The van der Waals surface area contributed by atoms with E-state index in [4.69, 9.17) is 0 Å². The van der Waals surface area contributed by atoms with Gasteiger partial charge in [-0.15, -0.1) is 0 Å². The number of piperidine rings is 2. The van der Waals surface area contributed by atoms with Crippen LogP contribution in [0.5, 0.6) is 0 Å². The van der Waals surface area contributed by atoms with E-state index >= 15 is 0 Å². The van der Waals surface area contributed by atoms with Crippen LogP contribution < -0.4 is 14.9 Å². The number of nitrogens with zero attached hydrogens (tertiary/aromatic N) is 2. The van der Waals surface area contributed by atoms with E-state index in [1.807, 2.05) is 6.26 Å². The van der Waals surface area contributed by atoms with Crippen LogP contribution in [0.2, 0.25) is 0 Å². The molecule has 2 fully saturated rings. The van der Waals surface area contributed by atoms with Gasteiger partial charge in [0.05, 0.1) is 4.47 Å². The predicted octanol–water partition coefficient (Wildman–Crippen LogP) is 4.50. The fraction of sp³-hybridized carbons (Fsp3) is 0.760. The van der Waals surface area contributed by atoms with Crippen molar-refractivity contribution in [2.45, 2.75) is 75.1 Å². The van der Waals surface area contributed by atoms with E-state index in [9.17, 15) is 18.3 Å². The highest BCUT2D eigenvalue weighted by Crippen LogP contribution is 2.31. The van der Waals surface area contributed by atoms with Crippen LogP contribution in [0.15, 0.2) is 21.6 Å². The van der Waals surface area contributed by atoms with Crippen molar-refractivity contribution in [2.24, 2.45) is 11.8 Å². The molecule has 3 heterocycles. The van der Waals surface area contributed by atoms with Crippen molar-refractivity contribution >= 4 is 49.5 Å². The van der Waals surface area contributed by atoms with Crippen LogP contribution in [-0.4, -0.2) is 68.7 Å². The number of carboxylic acid groups (broad SMARTS) is 1. The number of hydrogen-bond donors (Lipinski definition) is 3. The van der Waals surface area contributed by atoms with Crippen LogP contribution in [0.4, 0.5) is 5.82 Å². The van der Waals surface area contributed by atoms with Gasteiger partial charge in [-0.3, -0.25) is 4.79 Å². The maximum absolute atomic E-state index is 12.8. The molecule has 1 aromatic heterocycles. The number of aliphatic carboxylic acids is 1. The maximum Gasteiger partial charge on any atom is 0.321 e. The third-order valence-corrected chi connectivity index (χ3v) is 10.1. The first kappa shape index (κ1) is 29.7. The van der Waals surface area contributed by atoms with Gasteiger partial charge in [0.2, 0.25) is 10.0 Å². The molecule has 36 heavy (non-hydrogen) atoms. The molecule has 3 N–H and O–H groups in total. The number of sulfonamides is 1. The van der Waals surface area contributed by atoms with E-state index < -0.39 is 22.0 Å². The van der Waals surface area contributed by atoms with Gasteiger partial charge in [0, 0.05) is 19.3 Å². The summed E-state index contributed by atoms with van der Waals surface area (Å²) in [5.74, 6) is 1.79. The number of pyridine rings is 1. The molecule has 1 unspecified atom stereocenters. The SMILES string of the molecule is CSCCC(NS(=O)(=O)c1cnc(N2CCC(CCCCCC3CCNCC3)CC2)c(Br)c1)C(=O)O. The van der Waals surface area contributed by atoms with E-state index in [-0.39, 0.29) is 11.3 Å². The lowest BCUT2D eigenvalue weighted by molar-refractivity contribution is -0.139. The van der Waals surface area contributed by atoms with Crippen molar-refractivity contribution in [1.29, 1.82) is 0 Å². The molecule has 0 amide bonds. The lowest BCUT2D eigenvalue weighted by atomic mass is 9.89. The van der Waals surface area contributed by atoms with Gasteiger partial charge in [-0.1, -0.05) is 32.1 Å². The molecule has 2 saturated heterocycles. The molecule has 0 aromatic carbocycles. The second-order valence-electron chi connectivity index (χ2n) is 10.0. The zero-order valence-corrected chi connectivity index (χ0v) is 24.5. The molecular formula is C25H41BrN4O4S2. The van der Waals surface area contributed by atoms with E-state index in [0.29, 0.717) is 10.2 Å². The zero-order valence-electron chi connectivity index (χ0n) is 21.3. The van der Waals surface area contributed by atoms with Crippen molar-refractivity contribution < 1.29 is 18.3 Å². The Balaban J connectivity index is 1.44. The lowest BCUT2D eigenvalue weighted by Crippen LogP contribution is -2.41. The Morgan fingerprint density at radius 2 is 1.83 bits per heavy atom. The minimum Gasteiger partial charge on any atom is -0.480 e. The summed E-state index contributed by atoms with van der Waals surface area (Å²) in [6.45, 7) is 4.19. The summed E-state index contributed by atoms with van der Waals surface area (Å²) in [6.07, 6.45) is 15.0. The monoisotopic (exact) mass is 604 g/mol. The van der Waals surface area contributed by atoms with Crippen molar-refractivity contribution in [3.8, 4) is 0 Å². The van der Waals surface area contributed by atoms with E-state index in [0.717, 1.165) is 43.6 Å². The molecule has 3 rings (SSSR count). The number of unbranched alkanes of at least 4 members (excludes halogenated alkanes) is 2. The molecule has 0 saturated carbocycles. The van der Waals surface area contributed by atoms with Crippen molar-refractivity contribution in [3.63, 3.8) is 0 Å². The van der Waals surface area contributed by atoms with Crippen molar-refractivity contribution in [1.82, 2.24) is 15.0 Å². The summed E-state index contributed by atoms with van der Waals surface area (Å²) in [6, 6.07) is 0.358. The minimum absolute atomic E-state index is 0.0343. The van der Waals surface area contributed by atoms with Gasteiger partial charge in [-0.05, 0) is 91.0 Å². The summed E-state index contributed by atoms with van der Waals surface area (Å²) < 4.78 is 28.5. The number of rotatable bonds is 14. The molecule has 1 aromatic rings. The van der Waals surface area contributed by atoms with Gasteiger partial charge < -0.3 is 15.3 Å². The van der Waals surface area contributed by atoms with E-state index in [2.05, 4.69) is 35.9 Å². The van der Waals surface area contributed by atoms with Crippen LogP contribution in [0, 0.1) is 11.8 Å². The second kappa shape index (κ2) is 14.9. The fourth-order valence-electron chi connectivity index (χ4n) is 5.16. The third kappa shape index (κ3) is 9.15. The number of carboxylic acids is 1. The topological polar surface area (TPSA) is 112 Å². The molecule has 8 nitrogen and oxygen atoms in total. The Hall–Kier alpha value is -0.880. The second-order valence-corrected chi connectivity index (χ2v) is 13.6. The summed E-state index contributed by atoms with van der Waals surface area (Å²) in [5.41, 5.74) is 0. The van der Waals surface area contributed by atoms with Gasteiger partial charge in [-0.25, -0.2) is 13.4 Å². The molecule has 0 aliphatic carbocycles. The molecule has 0 bridgehead atoms. The Labute approximate surface area is 229 Å². The van der Waals surface area contributed by atoms with Gasteiger partial charge in [0.1, 0.15) is 16.8 Å². The van der Waals surface area contributed by atoms with Gasteiger partial charge in [-0.2, -0.15) is 16.5 Å². The summed E-state index contributed by atoms with van der Waals surface area (Å²) in [7, 11) is -3.99. The average Bonchev–Trinajstić information content (AvgIpc) is 2.87. The number of aromatic nitrogens is 1. The predicted molar refractivity (Wildman–Crippen MR) is 150 cm³/mol. The Kier molecular flexibility index (Phi) is 12.3. The van der Waals surface area contributed by atoms with Crippen LogP contribution in [0.25, 0.3) is 0 Å². The number of nitrogens with one attached hydrogen (secondary N) is 2. The Bertz CT molecular complexity index is 936. The van der Waals surface area contributed by atoms with Crippen LogP contribution in [0.1, 0.15) is 64.2 Å². The van der Waals surface area contributed by atoms with Crippen molar-refractivity contribution in [2.75, 3.05) is 43.1 Å². The molecule has 2 aliphatic heterocycles. The first-order valence-corrected chi connectivity index (χ1v) is 16.8. The highest BCUT2D eigenvalue weighted by molar-refractivity contribution is 9.10. The normalized spacial score (nSPS) is 18.9. The highest BCUT2D eigenvalue weighted by Gasteiger charge is 2.27. The Morgan fingerprint density at radius 1 is 1.19 bits per heavy atom. The molecular weight excluding hydrogens is 564 g/mol. The first-order valence-electron chi connectivity index (χ1n) is 13.2. The summed E-state index contributed by atoms with van der Waals surface area (Å²) >= 11 is 4.97. The van der Waals surface area contributed by atoms with Gasteiger partial charge >= 0.3 is 5.97 Å². The molecule has 11 heteroatoms. The van der Waals surface area contributed by atoms with E-state index in [1.54, 1.807) is 0 Å². The zero-order chi connectivity index (χ0) is 26.0. The summed E-state index contributed by atoms with van der Waals surface area (Å²) in [5, 5.41) is 12.8. The fourth-order valence-corrected chi connectivity index (χ4v) is 7.58. The van der Waals surface area contributed by atoms with Gasteiger partial charge in [0.25, 0.3) is 0 Å². The third-order valence-electron chi connectivity index (χ3n) is 7.41. The molecule has 1 atom stereocenters.